The molecule has 1 aromatic rings. The maximum atomic E-state index is 13.0. The van der Waals surface area contributed by atoms with Gasteiger partial charge in [-0.15, -0.1) is 0 Å². The van der Waals surface area contributed by atoms with Crippen molar-refractivity contribution >= 4 is 16.5 Å². The average Bonchev–Trinajstić information content (AvgIpc) is 2.50. The lowest BCUT2D eigenvalue weighted by Crippen LogP contribution is -2.44. The fourth-order valence-corrected chi connectivity index (χ4v) is 5.50. The van der Waals surface area contributed by atoms with Crippen molar-refractivity contribution in [1.29, 1.82) is 0 Å². The molecule has 0 aromatic heterocycles. The summed E-state index contributed by atoms with van der Waals surface area (Å²) < 4.78 is 19.1. The van der Waals surface area contributed by atoms with E-state index in [9.17, 15) is 4.21 Å². The first-order chi connectivity index (χ1) is 10.1. The van der Waals surface area contributed by atoms with Gasteiger partial charge in [-0.1, -0.05) is 25.3 Å². The molecule has 2 aliphatic rings. The van der Waals surface area contributed by atoms with Gasteiger partial charge >= 0.3 is 0 Å². The van der Waals surface area contributed by atoms with E-state index < -0.39 is 10.8 Å². The molecule has 1 aliphatic carbocycles. The van der Waals surface area contributed by atoms with E-state index >= 15 is 0 Å². The van der Waals surface area contributed by atoms with Gasteiger partial charge in [-0.3, -0.25) is 4.21 Å². The minimum atomic E-state index is -0.979. The van der Waals surface area contributed by atoms with Gasteiger partial charge in [-0.05, 0) is 50.3 Å². The summed E-state index contributed by atoms with van der Waals surface area (Å²) in [6.07, 6.45) is 7.91. The number of rotatable bonds is 2. The molecule has 3 nitrogen and oxygen atoms in total. The lowest BCUT2D eigenvalue weighted by molar-refractivity contribution is -0.0975. The number of hydrogen-bond acceptors (Lipinski definition) is 3. The van der Waals surface area contributed by atoms with Gasteiger partial charge in [-0.2, -0.15) is 0 Å². The van der Waals surface area contributed by atoms with Gasteiger partial charge in [0.15, 0.2) is 0 Å². The van der Waals surface area contributed by atoms with Crippen LogP contribution >= 0.6 is 0 Å². The Balaban J connectivity index is 1.79. The number of benzene rings is 1. The van der Waals surface area contributed by atoms with Crippen molar-refractivity contribution in [2.45, 2.75) is 67.6 Å². The van der Waals surface area contributed by atoms with Crippen LogP contribution in [0.4, 0.5) is 5.69 Å². The van der Waals surface area contributed by atoms with E-state index in [2.05, 4.69) is 0 Å². The smallest absolute Gasteiger partial charge is 0.0694 e. The van der Waals surface area contributed by atoms with Crippen LogP contribution in [0, 0.1) is 6.92 Å². The van der Waals surface area contributed by atoms with Crippen LogP contribution in [-0.4, -0.2) is 21.7 Å². The van der Waals surface area contributed by atoms with Gasteiger partial charge < -0.3 is 10.5 Å². The zero-order valence-corrected chi connectivity index (χ0v) is 13.6. The lowest BCUT2D eigenvalue weighted by Gasteiger charge is -2.43. The Kier molecular flexibility index (Phi) is 4.36. The minimum Gasteiger partial charge on any atom is -0.398 e. The predicted molar refractivity (Wildman–Crippen MR) is 86.8 cm³/mol. The number of nitrogens with two attached hydrogens (primary N) is 1. The Morgan fingerprint density at radius 2 is 2.05 bits per heavy atom. The SMILES string of the molecule is Cc1c(N)cccc1S(=O)C1CCOC2(CCCCC2)C1. The molecule has 4 heteroatoms. The second-order valence-corrected chi connectivity index (χ2v) is 8.18. The van der Waals surface area contributed by atoms with Crippen molar-refractivity contribution in [1.82, 2.24) is 0 Å². The fraction of sp³-hybridized carbons (Fsp3) is 0.647. The first kappa shape index (κ1) is 15.0. The Morgan fingerprint density at radius 3 is 2.81 bits per heavy atom. The topological polar surface area (TPSA) is 52.3 Å². The minimum absolute atomic E-state index is 0.00502. The molecule has 1 aliphatic heterocycles. The van der Waals surface area contributed by atoms with Crippen LogP contribution in [0.25, 0.3) is 0 Å². The van der Waals surface area contributed by atoms with Gasteiger partial charge in [0.05, 0.1) is 16.4 Å². The Morgan fingerprint density at radius 1 is 1.29 bits per heavy atom. The molecule has 0 amide bonds. The van der Waals surface area contributed by atoms with Crippen LogP contribution in [0.15, 0.2) is 23.1 Å². The second kappa shape index (κ2) is 6.09. The molecular weight excluding hydrogens is 282 g/mol. The second-order valence-electron chi connectivity index (χ2n) is 6.47. The van der Waals surface area contributed by atoms with Gasteiger partial charge in [0.1, 0.15) is 0 Å². The molecule has 3 rings (SSSR count). The third kappa shape index (κ3) is 3.02. The van der Waals surface area contributed by atoms with E-state index in [0.717, 1.165) is 48.4 Å². The molecule has 1 saturated heterocycles. The van der Waals surface area contributed by atoms with Crippen LogP contribution in [0.1, 0.15) is 50.5 Å². The molecule has 0 bridgehead atoms. The fourth-order valence-electron chi connectivity index (χ4n) is 3.74. The first-order valence-electron chi connectivity index (χ1n) is 8.01. The average molecular weight is 307 g/mol. The van der Waals surface area contributed by atoms with Crippen LogP contribution < -0.4 is 5.73 Å². The van der Waals surface area contributed by atoms with Crippen LogP contribution in [0.3, 0.4) is 0 Å². The van der Waals surface area contributed by atoms with Gasteiger partial charge in [0.25, 0.3) is 0 Å². The molecule has 21 heavy (non-hydrogen) atoms. The third-order valence-corrected chi connectivity index (χ3v) is 6.94. The van der Waals surface area contributed by atoms with Crippen LogP contribution in [0.5, 0.6) is 0 Å². The van der Waals surface area contributed by atoms with Crippen LogP contribution in [-0.2, 0) is 15.5 Å². The highest BCUT2D eigenvalue weighted by Gasteiger charge is 2.40. The molecular formula is C17H25NO2S. The summed E-state index contributed by atoms with van der Waals surface area (Å²) in [6.45, 7) is 2.72. The normalized spacial score (nSPS) is 26.6. The van der Waals surface area contributed by atoms with Crippen molar-refractivity contribution in [3.8, 4) is 0 Å². The molecule has 2 fully saturated rings. The van der Waals surface area contributed by atoms with Crippen molar-refractivity contribution in [2.24, 2.45) is 0 Å². The van der Waals surface area contributed by atoms with Crippen molar-refractivity contribution in [3.05, 3.63) is 23.8 Å². The number of nitrogen functional groups attached to an aromatic ring is 1. The monoisotopic (exact) mass is 307 g/mol. The summed E-state index contributed by atoms with van der Waals surface area (Å²) in [7, 11) is -0.979. The van der Waals surface area contributed by atoms with E-state index in [4.69, 9.17) is 10.5 Å². The Labute approximate surface area is 129 Å². The van der Waals surface area contributed by atoms with E-state index in [-0.39, 0.29) is 10.9 Å². The largest absolute Gasteiger partial charge is 0.398 e. The van der Waals surface area contributed by atoms with Crippen molar-refractivity contribution < 1.29 is 8.95 Å². The summed E-state index contributed by atoms with van der Waals surface area (Å²) in [5.41, 5.74) is 7.68. The van der Waals surface area contributed by atoms with Gasteiger partial charge in [0.2, 0.25) is 0 Å². The summed E-state index contributed by atoms with van der Waals surface area (Å²) in [5, 5.41) is 0.206. The van der Waals surface area contributed by atoms with Crippen LogP contribution in [0.2, 0.25) is 0 Å². The zero-order chi connectivity index (χ0) is 14.9. The highest BCUT2D eigenvalue weighted by atomic mass is 32.2. The molecule has 2 unspecified atom stereocenters. The third-order valence-electron chi connectivity index (χ3n) is 5.06. The van der Waals surface area contributed by atoms with Gasteiger partial charge in [-0.25, -0.2) is 0 Å². The van der Waals surface area contributed by atoms with E-state index in [1.807, 2.05) is 25.1 Å². The Hall–Kier alpha value is -0.870. The molecule has 2 atom stereocenters. The molecule has 1 heterocycles. The summed E-state index contributed by atoms with van der Waals surface area (Å²) in [4.78, 5) is 0.910. The predicted octanol–water partition coefficient (Wildman–Crippen LogP) is 3.57. The highest BCUT2D eigenvalue weighted by molar-refractivity contribution is 7.85. The maximum Gasteiger partial charge on any atom is 0.0694 e. The number of ether oxygens (including phenoxy) is 1. The van der Waals surface area contributed by atoms with E-state index in [0.29, 0.717) is 0 Å². The highest BCUT2D eigenvalue weighted by Crippen LogP contribution is 2.41. The van der Waals surface area contributed by atoms with Crippen molar-refractivity contribution in [2.75, 3.05) is 12.3 Å². The van der Waals surface area contributed by atoms with E-state index in [1.165, 1.54) is 19.3 Å². The van der Waals surface area contributed by atoms with Gasteiger partial charge in [0, 0.05) is 22.4 Å². The summed E-state index contributed by atoms with van der Waals surface area (Å²) in [5.74, 6) is 0. The molecule has 1 spiro atoms. The number of anilines is 1. The zero-order valence-electron chi connectivity index (χ0n) is 12.8. The maximum absolute atomic E-state index is 13.0. The summed E-state index contributed by atoms with van der Waals surface area (Å²) >= 11 is 0. The quantitative estimate of drug-likeness (QED) is 0.850. The number of hydrogen-bond donors (Lipinski definition) is 1. The standard InChI is InChI=1S/C17H25NO2S/c1-13-15(18)6-5-7-16(13)21(19)14-8-11-20-17(12-14)9-3-2-4-10-17/h5-7,14H,2-4,8-12,18H2,1H3. The molecule has 2 N–H and O–H groups in total. The van der Waals surface area contributed by atoms with E-state index in [1.54, 1.807) is 0 Å². The molecule has 1 aromatic carbocycles. The lowest BCUT2D eigenvalue weighted by atomic mass is 9.80. The molecule has 116 valence electrons. The summed E-state index contributed by atoms with van der Waals surface area (Å²) in [6, 6.07) is 5.75. The van der Waals surface area contributed by atoms with Crippen molar-refractivity contribution in [3.63, 3.8) is 0 Å². The Bertz CT molecular complexity index is 532. The molecule has 1 saturated carbocycles. The first-order valence-corrected chi connectivity index (χ1v) is 9.22. The molecule has 0 radical (unpaired) electrons.